The molecule has 1 aromatic heterocycles. The first-order chi connectivity index (χ1) is 10.8. The Morgan fingerprint density at radius 1 is 1.35 bits per heavy atom. The molecule has 1 unspecified atom stereocenters. The number of hydrogen-bond acceptors (Lipinski definition) is 5. The molecule has 0 radical (unpaired) electrons. The van der Waals surface area contributed by atoms with Crippen molar-refractivity contribution < 1.29 is 9.53 Å². The van der Waals surface area contributed by atoms with E-state index in [0.717, 1.165) is 10.6 Å². The van der Waals surface area contributed by atoms with Crippen molar-refractivity contribution in [2.75, 3.05) is 5.32 Å². The molecule has 1 aromatic carbocycles. The van der Waals surface area contributed by atoms with Gasteiger partial charge in [-0.15, -0.1) is 10.2 Å². The summed E-state index contributed by atoms with van der Waals surface area (Å²) >= 11 is 1.40. The van der Waals surface area contributed by atoms with Gasteiger partial charge in [0.05, 0.1) is 0 Å². The molecule has 1 atom stereocenters. The molecule has 124 valence electrons. The van der Waals surface area contributed by atoms with E-state index in [1.807, 2.05) is 38.1 Å². The van der Waals surface area contributed by atoms with Crippen LogP contribution in [0, 0.1) is 6.92 Å². The van der Waals surface area contributed by atoms with Crippen LogP contribution in [0.5, 0.6) is 5.75 Å². The summed E-state index contributed by atoms with van der Waals surface area (Å²) < 4.78 is 5.80. The van der Waals surface area contributed by atoms with Gasteiger partial charge < -0.3 is 4.74 Å². The quantitative estimate of drug-likeness (QED) is 0.900. The Morgan fingerprint density at radius 3 is 2.65 bits per heavy atom. The van der Waals surface area contributed by atoms with Crippen molar-refractivity contribution >= 4 is 22.4 Å². The monoisotopic (exact) mass is 333 g/mol. The highest BCUT2D eigenvalue weighted by Gasteiger charge is 2.23. The minimum atomic E-state index is -0.557. The molecule has 0 bridgehead atoms. The third-order valence-corrected chi connectivity index (χ3v) is 4.49. The Bertz CT molecular complexity index is 676. The average Bonchev–Trinajstić information content (AvgIpc) is 2.93. The van der Waals surface area contributed by atoms with E-state index < -0.39 is 6.10 Å². The minimum absolute atomic E-state index is 0.0805. The molecule has 0 aliphatic heterocycles. The lowest BCUT2D eigenvalue weighted by Gasteiger charge is -2.16. The number of benzene rings is 1. The van der Waals surface area contributed by atoms with E-state index in [0.29, 0.717) is 17.3 Å². The first kappa shape index (κ1) is 17.4. The van der Waals surface area contributed by atoms with Gasteiger partial charge in [0.2, 0.25) is 5.13 Å². The van der Waals surface area contributed by atoms with Gasteiger partial charge in [-0.25, -0.2) is 0 Å². The molecule has 2 aromatic rings. The molecule has 0 aliphatic carbocycles. The van der Waals surface area contributed by atoms with E-state index in [1.165, 1.54) is 11.3 Å². The summed E-state index contributed by atoms with van der Waals surface area (Å²) in [5, 5.41) is 12.4. The number of carbonyl (C=O) groups excluding carboxylic acids is 1. The van der Waals surface area contributed by atoms with Gasteiger partial charge >= 0.3 is 0 Å². The van der Waals surface area contributed by atoms with E-state index in [-0.39, 0.29) is 11.3 Å². The van der Waals surface area contributed by atoms with Crippen LogP contribution in [-0.2, 0) is 10.2 Å². The SMILES string of the molecule is CCC(Oc1cccc(C)c1)C(=O)Nc1nnc(C(C)(C)C)s1. The van der Waals surface area contributed by atoms with Crippen LogP contribution in [-0.4, -0.2) is 22.2 Å². The van der Waals surface area contributed by atoms with E-state index in [4.69, 9.17) is 4.74 Å². The van der Waals surface area contributed by atoms with Gasteiger partial charge in [-0.05, 0) is 31.0 Å². The summed E-state index contributed by atoms with van der Waals surface area (Å²) in [4.78, 5) is 12.4. The zero-order valence-electron chi connectivity index (χ0n) is 14.2. The molecule has 23 heavy (non-hydrogen) atoms. The van der Waals surface area contributed by atoms with Crippen LogP contribution in [0.3, 0.4) is 0 Å². The van der Waals surface area contributed by atoms with E-state index in [2.05, 4.69) is 36.3 Å². The van der Waals surface area contributed by atoms with Crippen LogP contribution in [0.25, 0.3) is 0 Å². The van der Waals surface area contributed by atoms with Gasteiger partial charge in [-0.3, -0.25) is 10.1 Å². The predicted molar refractivity (Wildman–Crippen MR) is 93.1 cm³/mol. The largest absolute Gasteiger partial charge is 0.481 e. The van der Waals surface area contributed by atoms with Crippen molar-refractivity contribution in [3.05, 3.63) is 34.8 Å². The van der Waals surface area contributed by atoms with Crippen LogP contribution < -0.4 is 10.1 Å². The summed E-state index contributed by atoms with van der Waals surface area (Å²) in [5.74, 6) is 0.491. The lowest BCUT2D eigenvalue weighted by molar-refractivity contribution is -0.122. The van der Waals surface area contributed by atoms with Gasteiger partial charge in [-0.1, -0.05) is 51.2 Å². The number of aromatic nitrogens is 2. The summed E-state index contributed by atoms with van der Waals surface area (Å²) in [7, 11) is 0. The second kappa shape index (κ2) is 7.08. The van der Waals surface area contributed by atoms with E-state index >= 15 is 0 Å². The number of aryl methyl sites for hydroxylation is 1. The van der Waals surface area contributed by atoms with Gasteiger partial charge in [0.1, 0.15) is 10.8 Å². The molecule has 1 N–H and O–H groups in total. The third kappa shape index (κ3) is 4.76. The molecular weight excluding hydrogens is 310 g/mol. The molecule has 0 spiro atoms. The molecule has 2 rings (SSSR count). The number of rotatable bonds is 5. The minimum Gasteiger partial charge on any atom is -0.481 e. The fourth-order valence-electron chi connectivity index (χ4n) is 1.94. The molecule has 0 saturated carbocycles. The van der Waals surface area contributed by atoms with Gasteiger partial charge in [0, 0.05) is 5.41 Å². The summed E-state index contributed by atoms with van der Waals surface area (Å²) in [6.45, 7) is 10.1. The zero-order valence-corrected chi connectivity index (χ0v) is 15.0. The first-order valence-corrected chi connectivity index (χ1v) is 8.49. The number of hydrogen-bond donors (Lipinski definition) is 1. The van der Waals surface area contributed by atoms with Crippen LogP contribution in [0.15, 0.2) is 24.3 Å². The summed E-state index contributed by atoms with van der Waals surface area (Å²) in [6, 6.07) is 7.67. The molecule has 0 fully saturated rings. The predicted octanol–water partition coefficient (Wildman–Crippen LogP) is 3.94. The van der Waals surface area contributed by atoms with E-state index in [9.17, 15) is 4.79 Å². The van der Waals surface area contributed by atoms with Crippen LogP contribution in [0.2, 0.25) is 0 Å². The Hall–Kier alpha value is -1.95. The highest BCUT2D eigenvalue weighted by atomic mass is 32.1. The Kier molecular flexibility index (Phi) is 5.36. The molecular formula is C17H23N3O2S. The van der Waals surface area contributed by atoms with Crippen LogP contribution >= 0.6 is 11.3 Å². The summed E-state index contributed by atoms with van der Waals surface area (Å²) in [5.41, 5.74) is 1.01. The smallest absolute Gasteiger partial charge is 0.267 e. The lowest BCUT2D eigenvalue weighted by Crippen LogP contribution is -2.32. The molecule has 1 amide bonds. The number of ether oxygens (including phenoxy) is 1. The fourth-order valence-corrected chi connectivity index (χ4v) is 2.74. The Balaban J connectivity index is 2.04. The van der Waals surface area contributed by atoms with Crippen molar-refractivity contribution in [3.63, 3.8) is 0 Å². The zero-order chi connectivity index (χ0) is 17.0. The first-order valence-electron chi connectivity index (χ1n) is 7.67. The highest BCUT2D eigenvalue weighted by Crippen LogP contribution is 2.28. The van der Waals surface area contributed by atoms with E-state index in [1.54, 1.807) is 0 Å². The van der Waals surface area contributed by atoms with Gasteiger partial charge in [0.25, 0.3) is 5.91 Å². The van der Waals surface area contributed by atoms with Crippen LogP contribution in [0.4, 0.5) is 5.13 Å². The number of nitrogens with one attached hydrogen (secondary N) is 1. The van der Waals surface area contributed by atoms with Crippen molar-refractivity contribution in [1.82, 2.24) is 10.2 Å². The summed E-state index contributed by atoms with van der Waals surface area (Å²) in [6.07, 6.45) is 0.0174. The lowest BCUT2D eigenvalue weighted by atomic mass is 9.98. The fraction of sp³-hybridized carbons (Fsp3) is 0.471. The number of anilines is 1. The second-order valence-corrected chi connectivity index (χ2v) is 7.46. The molecule has 0 saturated heterocycles. The molecule has 1 heterocycles. The van der Waals surface area contributed by atoms with Crippen molar-refractivity contribution in [1.29, 1.82) is 0 Å². The highest BCUT2D eigenvalue weighted by molar-refractivity contribution is 7.15. The standard InChI is InChI=1S/C17H23N3O2S/c1-6-13(22-12-9-7-8-11(2)10-12)14(21)18-16-20-19-15(23-16)17(3,4)5/h7-10,13H,6H2,1-5H3,(H,18,20,21). The Morgan fingerprint density at radius 2 is 2.09 bits per heavy atom. The maximum absolute atomic E-state index is 12.4. The van der Waals surface area contributed by atoms with Crippen molar-refractivity contribution in [2.24, 2.45) is 0 Å². The molecule has 0 aliphatic rings. The topological polar surface area (TPSA) is 64.1 Å². The Labute approximate surface area is 141 Å². The average molecular weight is 333 g/mol. The second-order valence-electron chi connectivity index (χ2n) is 6.48. The third-order valence-electron chi connectivity index (χ3n) is 3.23. The van der Waals surface area contributed by atoms with Crippen LogP contribution in [0.1, 0.15) is 44.7 Å². The maximum atomic E-state index is 12.4. The van der Waals surface area contributed by atoms with Crippen molar-refractivity contribution in [2.45, 2.75) is 52.6 Å². The molecule has 6 heteroatoms. The number of amides is 1. The van der Waals surface area contributed by atoms with Crippen molar-refractivity contribution in [3.8, 4) is 5.75 Å². The van der Waals surface area contributed by atoms with Gasteiger partial charge in [0.15, 0.2) is 6.10 Å². The number of nitrogens with zero attached hydrogens (tertiary/aromatic N) is 2. The van der Waals surface area contributed by atoms with Gasteiger partial charge in [-0.2, -0.15) is 0 Å². The normalized spacial score (nSPS) is 12.7. The molecule has 5 nitrogen and oxygen atoms in total. The number of carbonyl (C=O) groups is 1. The maximum Gasteiger partial charge on any atom is 0.267 e.